The Balaban J connectivity index is 1.66. The van der Waals surface area contributed by atoms with Crippen molar-refractivity contribution in [3.63, 3.8) is 0 Å². The average Bonchev–Trinajstić information content (AvgIpc) is 3.08. The number of nitrogens with one attached hydrogen (secondary N) is 1. The fourth-order valence-corrected chi connectivity index (χ4v) is 5.25. The Hall–Kier alpha value is -1.90. The lowest BCUT2D eigenvalue weighted by molar-refractivity contribution is 0.0932. The molecule has 1 N–H and O–H groups in total. The van der Waals surface area contributed by atoms with Crippen molar-refractivity contribution in [1.82, 2.24) is 14.8 Å². The molecule has 3 rings (SSSR count). The third kappa shape index (κ3) is 4.34. The van der Waals surface area contributed by atoms with Crippen molar-refractivity contribution in [2.45, 2.75) is 31.6 Å². The number of benzene rings is 1. The largest absolute Gasteiger partial charge is 0.361 e. The molecule has 146 valence electrons. The van der Waals surface area contributed by atoms with Crippen LogP contribution in [0.15, 0.2) is 33.7 Å². The first-order valence-electron chi connectivity index (χ1n) is 8.76. The van der Waals surface area contributed by atoms with E-state index in [9.17, 15) is 13.2 Å². The molecule has 0 saturated carbocycles. The molecule has 1 aliphatic rings. The highest BCUT2D eigenvalue weighted by Crippen LogP contribution is 2.28. The fraction of sp³-hybridized carbons (Fsp3) is 0.444. The molecule has 1 saturated heterocycles. The molecule has 0 radical (unpaired) electrons. The van der Waals surface area contributed by atoms with Gasteiger partial charge in [0.1, 0.15) is 5.76 Å². The van der Waals surface area contributed by atoms with E-state index in [4.69, 9.17) is 16.1 Å². The fourth-order valence-electron chi connectivity index (χ4n) is 3.22. The van der Waals surface area contributed by atoms with Crippen molar-refractivity contribution >= 4 is 27.5 Å². The monoisotopic (exact) mass is 411 g/mol. The Morgan fingerprint density at radius 1 is 1.41 bits per heavy atom. The molecule has 2 aromatic rings. The van der Waals surface area contributed by atoms with Crippen LogP contribution in [0, 0.1) is 19.8 Å². The van der Waals surface area contributed by atoms with E-state index >= 15 is 0 Å². The van der Waals surface area contributed by atoms with Crippen LogP contribution in [-0.2, 0) is 10.0 Å². The Morgan fingerprint density at radius 3 is 2.89 bits per heavy atom. The van der Waals surface area contributed by atoms with E-state index in [0.29, 0.717) is 36.0 Å². The molecular weight excluding hydrogens is 390 g/mol. The number of amides is 1. The van der Waals surface area contributed by atoms with Gasteiger partial charge in [-0.15, -0.1) is 0 Å². The van der Waals surface area contributed by atoms with E-state index in [-0.39, 0.29) is 22.4 Å². The summed E-state index contributed by atoms with van der Waals surface area (Å²) in [5.41, 5.74) is 0.776. The zero-order valence-corrected chi connectivity index (χ0v) is 16.8. The topological polar surface area (TPSA) is 92.5 Å². The summed E-state index contributed by atoms with van der Waals surface area (Å²) in [7, 11) is -3.63. The number of carbonyl (C=O) groups is 1. The molecule has 7 nitrogen and oxygen atoms in total. The lowest BCUT2D eigenvalue weighted by Gasteiger charge is -2.32. The van der Waals surface area contributed by atoms with Crippen molar-refractivity contribution < 1.29 is 17.7 Å². The SMILES string of the molecule is Cc1cc(C(=O)NC[C@@H]2CCCN(S(=O)(=O)c3cccc(Cl)c3C)C2)no1. The van der Waals surface area contributed by atoms with Crippen LogP contribution in [0.1, 0.15) is 34.7 Å². The summed E-state index contributed by atoms with van der Waals surface area (Å²) in [4.78, 5) is 12.3. The first-order chi connectivity index (χ1) is 12.8. The summed E-state index contributed by atoms with van der Waals surface area (Å²) in [5, 5.41) is 6.93. The van der Waals surface area contributed by atoms with Crippen molar-refractivity contribution in [1.29, 1.82) is 0 Å². The van der Waals surface area contributed by atoms with E-state index in [2.05, 4.69) is 10.5 Å². The molecular formula is C18H22ClN3O4S. The van der Waals surface area contributed by atoms with Gasteiger partial charge in [0, 0.05) is 30.7 Å². The van der Waals surface area contributed by atoms with Crippen molar-refractivity contribution in [3.05, 3.63) is 46.3 Å². The van der Waals surface area contributed by atoms with E-state index in [0.717, 1.165) is 12.8 Å². The molecule has 1 atom stereocenters. The van der Waals surface area contributed by atoms with Gasteiger partial charge in [0.15, 0.2) is 5.69 Å². The van der Waals surface area contributed by atoms with E-state index in [1.165, 1.54) is 4.31 Å². The third-order valence-electron chi connectivity index (χ3n) is 4.73. The highest BCUT2D eigenvalue weighted by molar-refractivity contribution is 7.89. The molecule has 0 spiro atoms. The maximum Gasteiger partial charge on any atom is 0.273 e. The molecule has 0 unspecified atom stereocenters. The summed E-state index contributed by atoms with van der Waals surface area (Å²) < 4.78 is 32.4. The normalized spacial score (nSPS) is 18.4. The average molecular weight is 412 g/mol. The lowest BCUT2D eigenvalue weighted by Crippen LogP contribution is -2.43. The van der Waals surface area contributed by atoms with Gasteiger partial charge in [-0.25, -0.2) is 8.42 Å². The molecule has 1 amide bonds. The predicted molar refractivity (Wildman–Crippen MR) is 101 cm³/mol. The number of aryl methyl sites for hydroxylation is 1. The van der Waals surface area contributed by atoms with Crippen LogP contribution in [0.3, 0.4) is 0 Å². The number of halogens is 1. The quantitative estimate of drug-likeness (QED) is 0.816. The Bertz CT molecular complexity index is 942. The lowest BCUT2D eigenvalue weighted by atomic mass is 10.00. The number of sulfonamides is 1. The minimum atomic E-state index is -3.63. The second-order valence-corrected chi connectivity index (χ2v) is 9.08. The van der Waals surface area contributed by atoms with E-state index in [1.807, 2.05) is 0 Å². The van der Waals surface area contributed by atoms with Gasteiger partial charge in [0.25, 0.3) is 5.91 Å². The molecule has 27 heavy (non-hydrogen) atoms. The van der Waals surface area contributed by atoms with Crippen LogP contribution in [0.2, 0.25) is 5.02 Å². The standard InChI is InChI=1S/C18H22ClN3O4S/c1-12-9-16(21-26-12)18(23)20-10-14-5-4-8-22(11-14)27(24,25)17-7-3-6-15(19)13(17)2/h3,6-7,9,14H,4-5,8,10-11H2,1-2H3,(H,20,23)/t14-/m0/s1. The van der Waals surface area contributed by atoms with E-state index < -0.39 is 10.0 Å². The minimum Gasteiger partial charge on any atom is -0.361 e. The molecule has 0 bridgehead atoms. The van der Waals surface area contributed by atoms with Crippen LogP contribution in [-0.4, -0.2) is 43.4 Å². The van der Waals surface area contributed by atoms with Crippen molar-refractivity contribution in [3.8, 4) is 0 Å². The summed E-state index contributed by atoms with van der Waals surface area (Å²) in [5.74, 6) is 0.273. The molecule has 1 fully saturated rings. The maximum atomic E-state index is 13.0. The summed E-state index contributed by atoms with van der Waals surface area (Å²) in [6.07, 6.45) is 1.58. The number of rotatable bonds is 5. The van der Waals surface area contributed by atoms with Gasteiger partial charge in [0.2, 0.25) is 10.0 Å². The third-order valence-corrected chi connectivity index (χ3v) is 7.15. The first-order valence-corrected chi connectivity index (χ1v) is 10.6. The van der Waals surface area contributed by atoms with Crippen LogP contribution >= 0.6 is 11.6 Å². The summed E-state index contributed by atoms with van der Waals surface area (Å²) in [6, 6.07) is 6.46. The second kappa shape index (κ2) is 8.00. The van der Waals surface area contributed by atoms with Crippen LogP contribution in [0.5, 0.6) is 0 Å². The zero-order valence-electron chi connectivity index (χ0n) is 15.2. The first kappa shape index (κ1) is 19.9. The number of nitrogens with zero attached hydrogens (tertiary/aromatic N) is 2. The second-order valence-electron chi connectivity index (χ2n) is 6.77. The van der Waals surface area contributed by atoms with Crippen molar-refractivity contribution in [2.24, 2.45) is 5.92 Å². The Morgan fingerprint density at radius 2 is 2.19 bits per heavy atom. The molecule has 1 aromatic heterocycles. The van der Waals surface area contributed by atoms with Crippen molar-refractivity contribution in [2.75, 3.05) is 19.6 Å². The number of hydrogen-bond donors (Lipinski definition) is 1. The Labute approximate surface area is 163 Å². The molecule has 1 aliphatic heterocycles. The highest BCUT2D eigenvalue weighted by atomic mass is 35.5. The van der Waals surface area contributed by atoms with Gasteiger partial charge in [-0.2, -0.15) is 4.31 Å². The predicted octanol–water partition coefficient (Wildman–Crippen LogP) is 2.78. The van der Waals surface area contributed by atoms with Gasteiger partial charge >= 0.3 is 0 Å². The van der Waals surface area contributed by atoms with Gasteiger partial charge in [-0.1, -0.05) is 22.8 Å². The van der Waals surface area contributed by atoms with Gasteiger partial charge in [-0.05, 0) is 50.3 Å². The molecule has 2 heterocycles. The summed E-state index contributed by atoms with van der Waals surface area (Å²) in [6.45, 7) is 4.61. The van der Waals surface area contributed by atoms with Gasteiger partial charge in [-0.3, -0.25) is 4.79 Å². The van der Waals surface area contributed by atoms with Crippen LogP contribution in [0.4, 0.5) is 0 Å². The van der Waals surface area contributed by atoms with Gasteiger partial charge < -0.3 is 9.84 Å². The maximum absolute atomic E-state index is 13.0. The summed E-state index contributed by atoms with van der Waals surface area (Å²) >= 11 is 6.09. The molecule has 0 aliphatic carbocycles. The Kier molecular flexibility index (Phi) is 5.88. The number of aromatic nitrogens is 1. The smallest absolute Gasteiger partial charge is 0.273 e. The highest BCUT2D eigenvalue weighted by Gasteiger charge is 2.31. The van der Waals surface area contributed by atoms with Crippen LogP contribution < -0.4 is 5.32 Å². The number of carbonyl (C=O) groups excluding carboxylic acids is 1. The number of hydrogen-bond acceptors (Lipinski definition) is 5. The van der Waals surface area contributed by atoms with Gasteiger partial charge in [0.05, 0.1) is 4.90 Å². The van der Waals surface area contributed by atoms with E-state index in [1.54, 1.807) is 38.1 Å². The van der Waals surface area contributed by atoms with Crippen LogP contribution in [0.25, 0.3) is 0 Å². The zero-order chi connectivity index (χ0) is 19.6. The molecule has 1 aromatic carbocycles. The minimum absolute atomic E-state index is 0.0324. The number of piperidine rings is 1. The molecule has 9 heteroatoms.